The Bertz CT molecular complexity index is 907. The van der Waals surface area contributed by atoms with Gasteiger partial charge in [0.25, 0.3) is 0 Å². The van der Waals surface area contributed by atoms with Gasteiger partial charge in [-0.05, 0) is 24.1 Å². The van der Waals surface area contributed by atoms with Crippen molar-refractivity contribution < 1.29 is 14.2 Å². The summed E-state index contributed by atoms with van der Waals surface area (Å²) >= 11 is 0. The molecule has 6 heteroatoms. The maximum atomic E-state index is 5.46. The van der Waals surface area contributed by atoms with E-state index in [0.717, 1.165) is 29.9 Å². The molecule has 0 saturated heterocycles. The fourth-order valence-electron chi connectivity index (χ4n) is 3.28. The van der Waals surface area contributed by atoms with Crippen molar-refractivity contribution in [2.75, 3.05) is 26.6 Å². The summed E-state index contributed by atoms with van der Waals surface area (Å²) in [6.45, 7) is 2.18. The second kappa shape index (κ2) is 9.78. The van der Waals surface area contributed by atoms with E-state index in [9.17, 15) is 0 Å². The lowest BCUT2D eigenvalue weighted by molar-refractivity contribution is 0.324. The van der Waals surface area contributed by atoms with Gasteiger partial charge in [0.2, 0.25) is 5.75 Å². The topological polar surface area (TPSA) is 65.5 Å². The lowest BCUT2D eigenvalue weighted by Gasteiger charge is -2.19. The summed E-state index contributed by atoms with van der Waals surface area (Å²) < 4.78 is 16.3. The number of hydrogen-bond donors (Lipinski definition) is 1. The Morgan fingerprint density at radius 2 is 1.62 bits per heavy atom. The van der Waals surface area contributed by atoms with E-state index < -0.39 is 0 Å². The van der Waals surface area contributed by atoms with Crippen molar-refractivity contribution in [3.63, 3.8) is 0 Å². The molecule has 1 aromatic heterocycles. The third kappa shape index (κ3) is 4.77. The maximum Gasteiger partial charge on any atom is 0.203 e. The van der Waals surface area contributed by atoms with Gasteiger partial charge in [-0.2, -0.15) is 0 Å². The summed E-state index contributed by atoms with van der Waals surface area (Å²) in [5.41, 5.74) is 2.79. The minimum atomic E-state index is 0.172. The van der Waals surface area contributed by atoms with Crippen molar-refractivity contribution in [1.29, 1.82) is 0 Å². The Hall–Kier alpha value is -3.28. The number of methoxy groups -OCH3 is 3. The van der Waals surface area contributed by atoms with Crippen LogP contribution in [-0.2, 0) is 0 Å². The summed E-state index contributed by atoms with van der Waals surface area (Å²) in [6, 6.07) is 14.3. The first-order chi connectivity index (χ1) is 14.2. The summed E-state index contributed by atoms with van der Waals surface area (Å²) in [7, 11) is 4.78. The molecule has 0 spiro atoms. The van der Waals surface area contributed by atoms with Crippen LogP contribution in [0.15, 0.2) is 54.9 Å². The average molecular weight is 393 g/mol. The highest BCUT2D eigenvalue weighted by molar-refractivity contribution is 5.69. The van der Waals surface area contributed by atoms with E-state index >= 15 is 0 Å². The van der Waals surface area contributed by atoms with E-state index in [-0.39, 0.29) is 6.04 Å². The summed E-state index contributed by atoms with van der Waals surface area (Å²) in [5.74, 6) is 2.43. The van der Waals surface area contributed by atoms with Crippen LogP contribution in [0.3, 0.4) is 0 Å². The van der Waals surface area contributed by atoms with E-state index in [2.05, 4.69) is 41.5 Å². The lowest BCUT2D eigenvalue weighted by atomic mass is 10.0. The van der Waals surface area contributed by atoms with Crippen molar-refractivity contribution >= 4 is 5.82 Å². The van der Waals surface area contributed by atoms with Crippen LogP contribution in [0.25, 0.3) is 11.3 Å². The van der Waals surface area contributed by atoms with Gasteiger partial charge in [0, 0.05) is 5.56 Å². The smallest absolute Gasteiger partial charge is 0.203 e. The largest absolute Gasteiger partial charge is 0.493 e. The van der Waals surface area contributed by atoms with Crippen molar-refractivity contribution in [2.45, 2.75) is 25.8 Å². The Morgan fingerprint density at radius 1 is 0.931 bits per heavy atom. The van der Waals surface area contributed by atoms with E-state index in [1.807, 2.05) is 18.2 Å². The zero-order chi connectivity index (χ0) is 20.6. The molecule has 1 N–H and O–H groups in total. The Labute approximate surface area is 171 Å². The van der Waals surface area contributed by atoms with Gasteiger partial charge in [0.05, 0.1) is 45.5 Å². The first kappa shape index (κ1) is 20.5. The van der Waals surface area contributed by atoms with Crippen LogP contribution in [0.4, 0.5) is 5.82 Å². The zero-order valence-electron chi connectivity index (χ0n) is 17.3. The van der Waals surface area contributed by atoms with E-state index in [1.165, 1.54) is 5.56 Å². The molecule has 0 aliphatic rings. The molecule has 0 radical (unpaired) electrons. The van der Waals surface area contributed by atoms with Crippen LogP contribution in [0.1, 0.15) is 31.4 Å². The molecule has 1 heterocycles. The standard InChI is InChI=1S/C23H27N3O3/c1-5-9-18(16-10-7-6-8-11-16)25-22-15-24-14-19(26-22)17-12-20(27-2)23(29-4)21(13-17)28-3/h6-8,10-15,18H,5,9H2,1-4H3,(H,25,26). The Morgan fingerprint density at radius 3 is 2.21 bits per heavy atom. The SMILES string of the molecule is CCCC(Nc1cncc(-c2cc(OC)c(OC)c(OC)c2)n1)c1ccccc1. The fourth-order valence-corrected chi connectivity index (χ4v) is 3.28. The molecule has 152 valence electrons. The van der Waals surface area contributed by atoms with Crippen molar-refractivity contribution in [3.05, 3.63) is 60.4 Å². The molecule has 3 aromatic rings. The molecule has 3 rings (SSSR count). The van der Waals surface area contributed by atoms with E-state index in [0.29, 0.717) is 17.2 Å². The van der Waals surface area contributed by atoms with Crippen LogP contribution in [0.2, 0.25) is 0 Å². The number of rotatable bonds is 9. The zero-order valence-corrected chi connectivity index (χ0v) is 17.3. The highest BCUT2D eigenvalue weighted by Gasteiger charge is 2.16. The molecule has 0 aliphatic carbocycles. The number of nitrogens with zero attached hydrogens (tertiary/aromatic N) is 2. The van der Waals surface area contributed by atoms with Gasteiger partial charge in [-0.25, -0.2) is 4.98 Å². The molecule has 1 unspecified atom stereocenters. The molecule has 29 heavy (non-hydrogen) atoms. The molecule has 0 fully saturated rings. The van der Waals surface area contributed by atoms with Gasteiger partial charge in [-0.15, -0.1) is 0 Å². The molecular formula is C23H27N3O3. The van der Waals surface area contributed by atoms with Crippen LogP contribution in [-0.4, -0.2) is 31.3 Å². The van der Waals surface area contributed by atoms with Crippen molar-refractivity contribution in [3.8, 4) is 28.5 Å². The van der Waals surface area contributed by atoms with Crippen LogP contribution in [0, 0.1) is 0 Å². The molecular weight excluding hydrogens is 366 g/mol. The van der Waals surface area contributed by atoms with Gasteiger partial charge in [-0.1, -0.05) is 43.7 Å². The third-order valence-electron chi connectivity index (χ3n) is 4.70. The first-order valence-corrected chi connectivity index (χ1v) is 9.64. The highest BCUT2D eigenvalue weighted by Crippen LogP contribution is 2.40. The Kier molecular flexibility index (Phi) is 6.89. The normalized spacial score (nSPS) is 11.6. The number of anilines is 1. The van der Waals surface area contributed by atoms with Crippen LogP contribution >= 0.6 is 0 Å². The number of benzene rings is 2. The maximum absolute atomic E-state index is 5.46. The van der Waals surface area contributed by atoms with Crippen LogP contribution < -0.4 is 19.5 Å². The molecule has 2 aromatic carbocycles. The predicted octanol–water partition coefficient (Wildman–Crippen LogP) is 5.12. The minimum absolute atomic E-state index is 0.172. The Balaban J connectivity index is 1.93. The fraction of sp³-hybridized carbons (Fsp3) is 0.304. The van der Waals surface area contributed by atoms with Gasteiger partial charge >= 0.3 is 0 Å². The van der Waals surface area contributed by atoms with Crippen molar-refractivity contribution in [1.82, 2.24) is 9.97 Å². The monoisotopic (exact) mass is 393 g/mol. The summed E-state index contributed by atoms with van der Waals surface area (Å²) in [6.07, 6.45) is 5.53. The number of ether oxygens (including phenoxy) is 3. The van der Waals surface area contributed by atoms with Gasteiger partial charge in [0.15, 0.2) is 11.5 Å². The first-order valence-electron chi connectivity index (χ1n) is 9.64. The number of hydrogen-bond acceptors (Lipinski definition) is 6. The van der Waals surface area contributed by atoms with E-state index in [1.54, 1.807) is 33.7 Å². The molecule has 1 atom stereocenters. The summed E-state index contributed by atoms with van der Waals surface area (Å²) in [4.78, 5) is 9.15. The molecule has 6 nitrogen and oxygen atoms in total. The minimum Gasteiger partial charge on any atom is -0.493 e. The van der Waals surface area contributed by atoms with Gasteiger partial charge in [-0.3, -0.25) is 4.98 Å². The number of nitrogens with one attached hydrogen (secondary N) is 1. The van der Waals surface area contributed by atoms with Gasteiger partial charge < -0.3 is 19.5 Å². The second-order valence-corrected chi connectivity index (χ2v) is 6.60. The quantitative estimate of drug-likeness (QED) is 0.544. The third-order valence-corrected chi connectivity index (χ3v) is 4.70. The molecule has 0 bridgehead atoms. The molecule has 0 saturated carbocycles. The number of aromatic nitrogens is 2. The highest BCUT2D eigenvalue weighted by atomic mass is 16.5. The second-order valence-electron chi connectivity index (χ2n) is 6.60. The van der Waals surface area contributed by atoms with E-state index in [4.69, 9.17) is 19.2 Å². The van der Waals surface area contributed by atoms with Crippen LogP contribution in [0.5, 0.6) is 17.2 Å². The summed E-state index contributed by atoms with van der Waals surface area (Å²) in [5, 5.41) is 3.53. The molecule has 0 aliphatic heterocycles. The molecule has 0 amide bonds. The van der Waals surface area contributed by atoms with Gasteiger partial charge in [0.1, 0.15) is 5.82 Å². The average Bonchev–Trinajstić information content (AvgIpc) is 2.78. The predicted molar refractivity (Wildman–Crippen MR) is 115 cm³/mol. The lowest BCUT2D eigenvalue weighted by Crippen LogP contribution is -2.12. The van der Waals surface area contributed by atoms with Crippen molar-refractivity contribution in [2.24, 2.45) is 0 Å².